The Balaban J connectivity index is 2.48. The van der Waals surface area contributed by atoms with Crippen LogP contribution in [0.4, 0.5) is 0 Å². The number of thiophene rings is 1. The van der Waals surface area contributed by atoms with E-state index in [1.165, 1.54) is 11.3 Å². The quantitative estimate of drug-likeness (QED) is 0.922. The fraction of sp³-hybridized carbons (Fsp3) is 0.231. The SMILES string of the molecule is C[S@](=O)C[C@](O)(c1ccccc1)c1cccs1. The van der Waals surface area contributed by atoms with E-state index in [1.807, 2.05) is 47.8 Å². The topological polar surface area (TPSA) is 37.3 Å². The van der Waals surface area contributed by atoms with Gasteiger partial charge < -0.3 is 5.11 Å². The monoisotopic (exact) mass is 266 g/mol. The van der Waals surface area contributed by atoms with Crippen molar-refractivity contribution in [2.75, 3.05) is 12.0 Å². The molecular formula is C13H14O2S2. The van der Waals surface area contributed by atoms with Crippen molar-refractivity contribution in [3.63, 3.8) is 0 Å². The number of rotatable bonds is 4. The second kappa shape index (κ2) is 5.12. The van der Waals surface area contributed by atoms with Crippen molar-refractivity contribution in [2.45, 2.75) is 5.60 Å². The molecule has 0 aliphatic carbocycles. The molecule has 0 spiro atoms. The van der Waals surface area contributed by atoms with E-state index >= 15 is 0 Å². The zero-order valence-corrected chi connectivity index (χ0v) is 11.1. The number of aliphatic hydroxyl groups is 1. The summed E-state index contributed by atoms with van der Waals surface area (Å²) in [5.74, 6) is 0.220. The van der Waals surface area contributed by atoms with Gasteiger partial charge in [-0.2, -0.15) is 0 Å². The van der Waals surface area contributed by atoms with E-state index in [-0.39, 0.29) is 5.75 Å². The third-order valence-corrected chi connectivity index (χ3v) is 4.44. The third kappa shape index (κ3) is 2.65. The van der Waals surface area contributed by atoms with Gasteiger partial charge in [0.05, 0.1) is 5.75 Å². The molecule has 1 aromatic heterocycles. The summed E-state index contributed by atoms with van der Waals surface area (Å²) in [6.07, 6.45) is 1.61. The lowest BCUT2D eigenvalue weighted by Crippen LogP contribution is -2.32. The fourth-order valence-corrected chi connectivity index (χ4v) is 3.67. The van der Waals surface area contributed by atoms with Crippen molar-refractivity contribution in [1.29, 1.82) is 0 Å². The molecule has 0 amide bonds. The van der Waals surface area contributed by atoms with Gasteiger partial charge in [-0.05, 0) is 17.0 Å². The Hall–Kier alpha value is -0.970. The van der Waals surface area contributed by atoms with Crippen molar-refractivity contribution in [1.82, 2.24) is 0 Å². The van der Waals surface area contributed by atoms with E-state index in [1.54, 1.807) is 6.26 Å². The smallest absolute Gasteiger partial charge is 0.135 e. The van der Waals surface area contributed by atoms with Crippen molar-refractivity contribution >= 4 is 22.1 Å². The van der Waals surface area contributed by atoms with Crippen molar-refractivity contribution in [3.8, 4) is 0 Å². The lowest BCUT2D eigenvalue weighted by atomic mass is 9.94. The maximum absolute atomic E-state index is 11.5. The van der Waals surface area contributed by atoms with Crippen LogP contribution in [-0.4, -0.2) is 21.3 Å². The van der Waals surface area contributed by atoms with E-state index in [2.05, 4.69) is 0 Å². The van der Waals surface area contributed by atoms with Crippen LogP contribution < -0.4 is 0 Å². The first-order valence-corrected chi connectivity index (χ1v) is 7.85. The van der Waals surface area contributed by atoms with Crippen LogP contribution in [0, 0.1) is 0 Å². The minimum absolute atomic E-state index is 0.220. The molecule has 2 nitrogen and oxygen atoms in total. The summed E-state index contributed by atoms with van der Waals surface area (Å²) in [5, 5.41) is 12.7. The minimum atomic E-state index is -1.14. The molecule has 0 radical (unpaired) electrons. The standard InChI is InChI=1S/C13H14O2S2/c1-17(15)10-13(14,12-8-5-9-16-12)11-6-3-2-4-7-11/h2-9,14H,10H2,1H3/t13-,17-/m0/s1. The van der Waals surface area contributed by atoms with Gasteiger partial charge in [0.1, 0.15) is 5.60 Å². The number of hydrogen-bond acceptors (Lipinski definition) is 3. The zero-order valence-electron chi connectivity index (χ0n) is 9.50. The first-order chi connectivity index (χ1) is 8.13. The number of benzene rings is 1. The van der Waals surface area contributed by atoms with Gasteiger partial charge in [-0.25, -0.2) is 0 Å². The Labute approximate surface area is 107 Å². The predicted octanol–water partition coefficient (Wildman–Crippen LogP) is 2.36. The molecule has 0 fully saturated rings. The lowest BCUT2D eigenvalue weighted by Gasteiger charge is -2.26. The van der Waals surface area contributed by atoms with Crippen LogP contribution >= 0.6 is 11.3 Å². The Morgan fingerprint density at radius 2 is 1.94 bits per heavy atom. The molecular weight excluding hydrogens is 252 g/mol. The molecule has 1 heterocycles. The first kappa shape index (κ1) is 12.5. The van der Waals surface area contributed by atoms with E-state index < -0.39 is 16.4 Å². The molecule has 1 aromatic carbocycles. The molecule has 0 aliphatic rings. The zero-order chi connectivity index (χ0) is 12.3. The second-order valence-electron chi connectivity index (χ2n) is 3.92. The molecule has 0 saturated carbocycles. The van der Waals surface area contributed by atoms with Gasteiger partial charge in [-0.3, -0.25) is 4.21 Å². The Morgan fingerprint density at radius 3 is 2.47 bits per heavy atom. The lowest BCUT2D eigenvalue weighted by molar-refractivity contribution is 0.111. The highest BCUT2D eigenvalue weighted by Gasteiger charge is 2.33. The van der Waals surface area contributed by atoms with Gasteiger partial charge >= 0.3 is 0 Å². The van der Waals surface area contributed by atoms with Gasteiger partial charge in [0.25, 0.3) is 0 Å². The highest BCUT2D eigenvalue weighted by atomic mass is 32.2. The number of hydrogen-bond donors (Lipinski definition) is 1. The average molecular weight is 266 g/mol. The van der Waals surface area contributed by atoms with Crippen LogP contribution in [0.3, 0.4) is 0 Å². The highest BCUT2D eigenvalue weighted by Crippen LogP contribution is 2.33. The summed E-state index contributed by atoms with van der Waals surface area (Å²) in [5.41, 5.74) is -0.354. The minimum Gasteiger partial charge on any atom is -0.379 e. The van der Waals surface area contributed by atoms with Crippen LogP contribution in [0.1, 0.15) is 10.4 Å². The van der Waals surface area contributed by atoms with Crippen molar-refractivity contribution in [3.05, 3.63) is 58.3 Å². The molecule has 0 aliphatic heterocycles. The summed E-state index contributed by atoms with van der Waals surface area (Å²) in [4.78, 5) is 0.832. The van der Waals surface area contributed by atoms with Crippen LogP contribution in [0.15, 0.2) is 47.8 Å². The fourth-order valence-electron chi connectivity index (χ4n) is 1.82. The molecule has 0 bridgehead atoms. The van der Waals surface area contributed by atoms with Gasteiger partial charge in [0.2, 0.25) is 0 Å². The third-order valence-electron chi connectivity index (χ3n) is 2.59. The molecule has 2 rings (SSSR count). The first-order valence-electron chi connectivity index (χ1n) is 5.25. The largest absolute Gasteiger partial charge is 0.379 e. The summed E-state index contributed by atoms with van der Waals surface area (Å²) < 4.78 is 11.5. The molecule has 1 N–H and O–H groups in total. The molecule has 17 heavy (non-hydrogen) atoms. The average Bonchev–Trinajstić information content (AvgIpc) is 2.83. The van der Waals surface area contributed by atoms with Crippen molar-refractivity contribution < 1.29 is 9.32 Å². The normalized spacial score (nSPS) is 16.4. The van der Waals surface area contributed by atoms with Gasteiger partial charge in [0.15, 0.2) is 0 Å². The Bertz CT molecular complexity index is 493. The Kier molecular flexibility index (Phi) is 3.76. The van der Waals surface area contributed by atoms with E-state index in [4.69, 9.17) is 0 Å². The maximum Gasteiger partial charge on any atom is 0.135 e. The summed E-state index contributed by atoms with van der Waals surface area (Å²) in [6, 6.07) is 13.2. The Morgan fingerprint density at radius 1 is 1.24 bits per heavy atom. The highest BCUT2D eigenvalue weighted by molar-refractivity contribution is 7.84. The molecule has 2 aromatic rings. The van der Waals surface area contributed by atoms with Crippen LogP contribution in [-0.2, 0) is 16.4 Å². The van der Waals surface area contributed by atoms with E-state index in [9.17, 15) is 9.32 Å². The maximum atomic E-state index is 11.5. The van der Waals surface area contributed by atoms with E-state index in [0.717, 1.165) is 10.4 Å². The van der Waals surface area contributed by atoms with Gasteiger partial charge in [-0.1, -0.05) is 36.4 Å². The molecule has 0 saturated heterocycles. The predicted molar refractivity (Wildman–Crippen MR) is 72.7 cm³/mol. The van der Waals surface area contributed by atoms with Crippen LogP contribution in [0.25, 0.3) is 0 Å². The molecule has 2 atom stereocenters. The van der Waals surface area contributed by atoms with Crippen molar-refractivity contribution in [2.24, 2.45) is 0 Å². The summed E-state index contributed by atoms with van der Waals surface area (Å²) in [7, 11) is -1.06. The summed E-state index contributed by atoms with van der Waals surface area (Å²) in [6.45, 7) is 0. The molecule has 4 heteroatoms. The molecule has 0 unspecified atom stereocenters. The van der Waals surface area contributed by atoms with Crippen LogP contribution in [0.5, 0.6) is 0 Å². The summed E-state index contributed by atoms with van der Waals surface area (Å²) >= 11 is 1.48. The second-order valence-corrected chi connectivity index (χ2v) is 6.30. The van der Waals surface area contributed by atoms with Gasteiger partial charge in [0, 0.05) is 21.9 Å². The van der Waals surface area contributed by atoms with Crippen LogP contribution in [0.2, 0.25) is 0 Å². The van der Waals surface area contributed by atoms with E-state index in [0.29, 0.717) is 0 Å². The molecule has 90 valence electrons. The van der Waals surface area contributed by atoms with Gasteiger partial charge in [-0.15, -0.1) is 11.3 Å².